The molecule has 2 N–H and O–H groups in total. The standard InChI is InChI=1S/C53H44N4S/c1-37-33-42(39-18-6-3-7-19-39)24-16-32-57(49-35-43(30-31-45(37)49)46-27-15-28-48-47-26-12-13-29-50(47)58-51(46)48)44-25-14-17-38(34-44)36-55-53(41-22-10-5-11-23-41)56(2)52(54)40-20-8-4-9-21-40/h3-31,33-36,52-53H,1,32,54H2,2H3/b24-16-,42-33+,55-36?. The third kappa shape index (κ3) is 7.47. The highest BCUT2D eigenvalue weighted by molar-refractivity contribution is 7.26. The van der Waals surface area contributed by atoms with E-state index in [1.165, 1.54) is 31.3 Å². The molecule has 8 aromatic rings. The number of allylic oxidation sites excluding steroid dienone is 4. The number of nitrogens with zero attached hydrogens (tertiary/aromatic N) is 3. The average molecular weight is 769 g/mol. The van der Waals surface area contributed by atoms with Crippen molar-refractivity contribution in [1.29, 1.82) is 0 Å². The van der Waals surface area contributed by atoms with Crippen molar-refractivity contribution in [2.45, 2.75) is 12.3 Å². The zero-order valence-corrected chi connectivity index (χ0v) is 33.3. The van der Waals surface area contributed by atoms with Gasteiger partial charge < -0.3 is 10.6 Å². The summed E-state index contributed by atoms with van der Waals surface area (Å²) < 4.78 is 2.60. The molecule has 0 fully saturated rings. The Bertz CT molecular complexity index is 2820. The fourth-order valence-electron chi connectivity index (χ4n) is 7.94. The van der Waals surface area contributed by atoms with Crippen LogP contribution in [0.1, 0.15) is 40.1 Å². The minimum absolute atomic E-state index is 0.293. The van der Waals surface area contributed by atoms with Gasteiger partial charge in [-0.1, -0.05) is 170 Å². The lowest BCUT2D eigenvalue weighted by atomic mass is 9.95. The van der Waals surface area contributed by atoms with Gasteiger partial charge in [0.15, 0.2) is 0 Å². The van der Waals surface area contributed by atoms with Crippen molar-refractivity contribution in [3.05, 3.63) is 229 Å². The van der Waals surface area contributed by atoms with Crippen molar-refractivity contribution in [3.8, 4) is 11.1 Å². The van der Waals surface area contributed by atoms with Gasteiger partial charge in [0, 0.05) is 49.9 Å². The van der Waals surface area contributed by atoms with Crippen molar-refractivity contribution < 1.29 is 0 Å². The third-order valence-electron chi connectivity index (χ3n) is 11.0. The second kappa shape index (κ2) is 16.5. The lowest BCUT2D eigenvalue weighted by Crippen LogP contribution is -2.34. The number of nitrogens with two attached hydrogens (primary N) is 1. The van der Waals surface area contributed by atoms with Crippen LogP contribution in [0, 0.1) is 0 Å². The Hall–Kier alpha value is -6.63. The van der Waals surface area contributed by atoms with Crippen LogP contribution in [0.4, 0.5) is 11.4 Å². The maximum Gasteiger partial charge on any atom is 0.129 e. The van der Waals surface area contributed by atoms with Crippen molar-refractivity contribution >= 4 is 60.2 Å². The van der Waals surface area contributed by atoms with E-state index in [9.17, 15) is 0 Å². The summed E-state index contributed by atoms with van der Waals surface area (Å²) in [7, 11) is 2.04. The molecular weight excluding hydrogens is 725 g/mol. The molecule has 1 aliphatic heterocycles. The maximum absolute atomic E-state index is 6.84. The highest BCUT2D eigenvalue weighted by Crippen LogP contribution is 2.43. The van der Waals surface area contributed by atoms with E-state index in [0.717, 1.165) is 50.3 Å². The van der Waals surface area contributed by atoms with E-state index in [0.29, 0.717) is 6.54 Å². The first kappa shape index (κ1) is 37.0. The van der Waals surface area contributed by atoms with Gasteiger partial charge in [0.05, 0.1) is 6.17 Å². The lowest BCUT2D eigenvalue weighted by molar-refractivity contribution is 0.183. The Kier molecular flexibility index (Phi) is 10.5. The molecule has 1 aliphatic rings. The van der Waals surface area contributed by atoms with Gasteiger partial charge in [0.2, 0.25) is 0 Å². The molecule has 0 saturated heterocycles. The van der Waals surface area contributed by atoms with Gasteiger partial charge in [-0.05, 0) is 81.9 Å². The summed E-state index contributed by atoms with van der Waals surface area (Å²) in [6.07, 6.45) is 8.04. The molecule has 7 aromatic carbocycles. The zero-order chi connectivity index (χ0) is 39.4. The summed E-state index contributed by atoms with van der Waals surface area (Å²) in [5.74, 6) is 0. The molecule has 2 unspecified atom stereocenters. The molecule has 0 radical (unpaired) electrons. The smallest absolute Gasteiger partial charge is 0.129 e. The Morgan fingerprint density at radius 2 is 1.38 bits per heavy atom. The van der Waals surface area contributed by atoms with E-state index in [-0.39, 0.29) is 12.3 Å². The van der Waals surface area contributed by atoms with Gasteiger partial charge in [-0.3, -0.25) is 9.89 Å². The molecule has 0 bridgehead atoms. The molecule has 5 heteroatoms. The number of rotatable bonds is 9. The van der Waals surface area contributed by atoms with E-state index in [4.69, 9.17) is 10.7 Å². The predicted molar refractivity (Wildman–Crippen MR) is 249 cm³/mol. The van der Waals surface area contributed by atoms with E-state index >= 15 is 0 Å². The summed E-state index contributed by atoms with van der Waals surface area (Å²) in [4.78, 5) is 9.73. The van der Waals surface area contributed by atoms with Gasteiger partial charge in [0.25, 0.3) is 0 Å². The molecule has 4 nitrogen and oxygen atoms in total. The van der Waals surface area contributed by atoms with Crippen molar-refractivity contribution in [2.24, 2.45) is 10.7 Å². The summed E-state index contributed by atoms with van der Waals surface area (Å²) in [5.41, 5.74) is 18.8. The zero-order valence-electron chi connectivity index (χ0n) is 32.4. The van der Waals surface area contributed by atoms with Gasteiger partial charge in [-0.25, -0.2) is 0 Å². The summed E-state index contributed by atoms with van der Waals surface area (Å²) >= 11 is 1.86. The van der Waals surface area contributed by atoms with Crippen LogP contribution in [-0.4, -0.2) is 24.7 Å². The number of hydrogen-bond acceptors (Lipinski definition) is 5. The molecule has 1 aromatic heterocycles. The van der Waals surface area contributed by atoms with Crippen LogP contribution in [0.25, 0.3) is 42.4 Å². The summed E-state index contributed by atoms with van der Waals surface area (Å²) in [5, 5.41) is 2.59. The third-order valence-corrected chi connectivity index (χ3v) is 12.2. The monoisotopic (exact) mass is 768 g/mol. The molecule has 0 amide bonds. The summed E-state index contributed by atoms with van der Waals surface area (Å²) in [6.45, 7) is 5.32. The number of fused-ring (bicyclic) bond motifs is 4. The first-order chi connectivity index (χ1) is 28.5. The molecule has 0 spiro atoms. The normalized spacial score (nSPS) is 15.7. The number of thiophene rings is 1. The fraction of sp³-hybridized carbons (Fsp3) is 0.0755. The Morgan fingerprint density at radius 1 is 0.690 bits per heavy atom. The van der Waals surface area contributed by atoms with E-state index in [1.807, 2.05) is 48.9 Å². The van der Waals surface area contributed by atoms with Gasteiger partial charge >= 0.3 is 0 Å². The van der Waals surface area contributed by atoms with Gasteiger partial charge in [-0.15, -0.1) is 11.3 Å². The van der Waals surface area contributed by atoms with Crippen LogP contribution in [0.3, 0.4) is 0 Å². The largest absolute Gasteiger partial charge is 0.337 e. The second-order valence-corrected chi connectivity index (χ2v) is 15.7. The molecule has 2 atom stereocenters. The van der Waals surface area contributed by atoms with Crippen LogP contribution in [0.15, 0.2) is 206 Å². The minimum atomic E-state index is -0.335. The second-order valence-electron chi connectivity index (χ2n) is 14.7. The molecule has 2 heterocycles. The first-order valence-corrected chi connectivity index (χ1v) is 20.5. The van der Waals surface area contributed by atoms with Gasteiger partial charge in [0.1, 0.15) is 6.17 Å². The van der Waals surface area contributed by atoms with Crippen LogP contribution in [0.2, 0.25) is 0 Å². The molecular formula is C53H44N4S. The number of benzene rings is 7. The number of aliphatic imine (C=N–C) groups is 1. The van der Waals surface area contributed by atoms with E-state index in [1.54, 1.807) is 0 Å². The molecule has 58 heavy (non-hydrogen) atoms. The van der Waals surface area contributed by atoms with E-state index < -0.39 is 0 Å². The van der Waals surface area contributed by atoms with Gasteiger partial charge in [-0.2, -0.15) is 0 Å². The Morgan fingerprint density at radius 3 is 2.17 bits per heavy atom. The molecule has 9 rings (SSSR count). The van der Waals surface area contributed by atoms with Crippen LogP contribution >= 0.6 is 11.3 Å². The van der Waals surface area contributed by atoms with Crippen LogP contribution in [0.5, 0.6) is 0 Å². The predicted octanol–water partition coefficient (Wildman–Crippen LogP) is 13.2. The lowest BCUT2D eigenvalue weighted by Gasteiger charge is -2.31. The SMILES string of the molecule is C=C1/C=C(c2ccccc2)\C=C/CN(c2cccc(C=NC(c3ccccc3)N(C)C(N)c3ccccc3)c2)c2cc(-c3cccc4c3sc3ccccc34)ccc21. The quantitative estimate of drug-likeness (QED) is 0.117. The van der Waals surface area contributed by atoms with E-state index in [2.05, 4.69) is 186 Å². The highest BCUT2D eigenvalue weighted by atomic mass is 32.1. The van der Waals surface area contributed by atoms with Crippen LogP contribution < -0.4 is 10.6 Å². The molecule has 282 valence electrons. The topological polar surface area (TPSA) is 44.9 Å². The minimum Gasteiger partial charge on any atom is -0.337 e. The molecule has 0 saturated carbocycles. The average Bonchev–Trinajstić information content (AvgIpc) is 3.69. The van der Waals surface area contributed by atoms with Crippen molar-refractivity contribution in [1.82, 2.24) is 4.90 Å². The number of hydrogen-bond donors (Lipinski definition) is 1. The van der Waals surface area contributed by atoms with Crippen LogP contribution in [-0.2, 0) is 0 Å². The van der Waals surface area contributed by atoms with Crippen molar-refractivity contribution in [2.75, 3.05) is 18.5 Å². The first-order valence-electron chi connectivity index (χ1n) is 19.7. The Labute approximate surface area is 344 Å². The Balaban J connectivity index is 1.13. The fourth-order valence-corrected chi connectivity index (χ4v) is 9.18. The maximum atomic E-state index is 6.84. The molecule has 0 aliphatic carbocycles. The summed E-state index contributed by atoms with van der Waals surface area (Å²) in [6, 6.07) is 62.0. The van der Waals surface area contributed by atoms with Crippen molar-refractivity contribution in [3.63, 3.8) is 0 Å². The highest BCUT2D eigenvalue weighted by Gasteiger charge is 2.23. The number of anilines is 2.